The number of nitrogens with zero attached hydrogens (tertiary/aromatic N) is 5. The Bertz CT molecular complexity index is 1120. The van der Waals surface area contributed by atoms with Crippen LogP contribution in [0.25, 0.3) is 22.5 Å². The summed E-state index contributed by atoms with van der Waals surface area (Å²) in [6.45, 7) is 5.13. The number of H-pyrrole nitrogens is 1. The van der Waals surface area contributed by atoms with E-state index in [0.29, 0.717) is 11.1 Å². The van der Waals surface area contributed by atoms with Crippen LogP contribution < -0.4 is 4.90 Å². The highest BCUT2D eigenvalue weighted by Gasteiger charge is 2.38. The van der Waals surface area contributed by atoms with Crippen molar-refractivity contribution in [3.05, 3.63) is 36.5 Å². The van der Waals surface area contributed by atoms with E-state index in [1.807, 2.05) is 32.0 Å². The van der Waals surface area contributed by atoms with Gasteiger partial charge in [-0.2, -0.15) is 5.21 Å². The molecule has 0 unspecified atom stereocenters. The fourth-order valence-corrected chi connectivity index (χ4v) is 4.32. The lowest BCUT2D eigenvalue weighted by Crippen LogP contribution is -2.56. The largest absolute Gasteiger partial charge is 0.390 e. The Morgan fingerprint density at radius 1 is 1.21 bits per heavy atom. The molecule has 152 valence electrons. The van der Waals surface area contributed by atoms with E-state index in [0.717, 1.165) is 30.7 Å². The van der Waals surface area contributed by atoms with E-state index in [4.69, 9.17) is 0 Å². The summed E-state index contributed by atoms with van der Waals surface area (Å²) in [5.41, 5.74) is 1.09. The number of pyridine rings is 1. The van der Waals surface area contributed by atoms with E-state index in [9.17, 15) is 13.5 Å². The number of nitrogens with one attached hydrogen (secondary N) is 1. The van der Waals surface area contributed by atoms with Crippen LogP contribution in [0.4, 0.5) is 5.82 Å². The van der Waals surface area contributed by atoms with Crippen LogP contribution in [0.5, 0.6) is 0 Å². The number of aromatic amines is 1. The lowest BCUT2D eigenvalue weighted by Gasteiger charge is -2.45. The number of aliphatic hydroxyl groups is 1. The molecule has 3 heterocycles. The zero-order valence-corrected chi connectivity index (χ0v) is 17.2. The van der Waals surface area contributed by atoms with Gasteiger partial charge < -0.3 is 10.0 Å². The lowest BCUT2D eigenvalue weighted by molar-refractivity contribution is 0.00439. The Hall–Kier alpha value is -2.85. The number of anilines is 1. The van der Waals surface area contributed by atoms with Crippen LogP contribution >= 0.6 is 0 Å². The van der Waals surface area contributed by atoms with Crippen molar-refractivity contribution in [3.63, 3.8) is 0 Å². The minimum atomic E-state index is -3.50. The average molecular weight is 414 g/mol. The summed E-state index contributed by atoms with van der Waals surface area (Å²) in [4.78, 5) is 6.77. The summed E-state index contributed by atoms with van der Waals surface area (Å²) < 4.78 is 24.6. The molecule has 4 rings (SSSR count). The Kier molecular flexibility index (Phi) is 4.62. The number of hydrogen-bond donors (Lipinski definition) is 2. The lowest BCUT2D eigenvalue weighted by atomic mass is 9.84. The van der Waals surface area contributed by atoms with Crippen LogP contribution in [0.15, 0.2) is 41.4 Å². The minimum Gasteiger partial charge on any atom is -0.390 e. The van der Waals surface area contributed by atoms with Crippen molar-refractivity contribution in [2.24, 2.45) is 5.92 Å². The van der Waals surface area contributed by atoms with E-state index in [2.05, 4.69) is 30.5 Å². The molecular weight excluding hydrogens is 392 g/mol. The molecule has 10 heteroatoms. The number of hydrogen-bond acceptors (Lipinski definition) is 8. The quantitative estimate of drug-likeness (QED) is 0.644. The predicted octanol–water partition coefficient (Wildman–Crippen LogP) is 1.54. The molecule has 29 heavy (non-hydrogen) atoms. The van der Waals surface area contributed by atoms with Gasteiger partial charge in [0.15, 0.2) is 9.84 Å². The van der Waals surface area contributed by atoms with Gasteiger partial charge in [-0.25, -0.2) is 13.4 Å². The molecule has 9 nitrogen and oxygen atoms in total. The first kappa shape index (κ1) is 19.5. The molecule has 1 aliphatic heterocycles. The summed E-state index contributed by atoms with van der Waals surface area (Å²) in [5, 5.41) is 24.0. The fraction of sp³-hybridized carbons (Fsp3) is 0.368. The monoisotopic (exact) mass is 414 g/mol. The maximum Gasteiger partial charge on any atom is 0.206 e. The van der Waals surface area contributed by atoms with Gasteiger partial charge in [0.05, 0.1) is 10.5 Å². The summed E-state index contributed by atoms with van der Waals surface area (Å²) in [6.07, 6.45) is 2.86. The second kappa shape index (κ2) is 6.89. The van der Waals surface area contributed by atoms with Crippen LogP contribution in [-0.2, 0) is 9.84 Å². The second-order valence-corrected chi connectivity index (χ2v) is 9.83. The van der Waals surface area contributed by atoms with Crippen molar-refractivity contribution in [1.82, 2.24) is 25.6 Å². The zero-order valence-electron chi connectivity index (χ0n) is 16.4. The van der Waals surface area contributed by atoms with Gasteiger partial charge in [-0.15, -0.1) is 10.2 Å². The van der Waals surface area contributed by atoms with Gasteiger partial charge in [0.2, 0.25) is 5.82 Å². The first-order valence-electron chi connectivity index (χ1n) is 9.15. The molecule has 2 aromatic heterocycles. The van der Waals surface area contributed by atoms with E-state index >= 15 is 0 Å². The SMILES string of the molecule is CC(C)(O)C1CN(c2ccc(-c3cccc(S(C)(=O)=O)c3-c3nn[nH]n3)cn2)C1. The fourth-order valence-electron chi connectivity index (χ4n) is 3.42. The molecule has 0 aliphatic carbocycles. The third-order valence-electron chi connectivity index (χ3n) is 5.26. The maximum atomic E-state index is 12.3. The molecule has 1 aromatic carbocycles. The third kappa shape index (κ3) is 3.73. The highest BCUT2D eigenvalue weighted by Crippen LogP contribution is 2.36. The van der Waals surface area contributed by atoms with E-state index < -0.39 is 15.4 Å². The van der Waals surface area contributed by atoms with E-state index in [-0.39, 0.29) is 16.6 Å². The van der Waals surface area contributed by atoms with Crippen molar-refractivity contribution in [1.29, 1.82) is 0 Å². The van der Waals surface area contributed by atoms with Crippen LogP contribution in [0.3, 0.4) is 0 Å². The van der Waals surface area contributed by atoms with Crippen LogP contribution in [0.2, 0.25) is 0 Å². The molecule has 0 saturated carbocycles. The van der Waals surface area contributed by atoms with E-state index in [1.54, 1.807) is 12.3 Å². The zero-order chi connectivity index (χ0) is 20.8. The summed E-state index contributed by atoms with van der Waals surface area (Å²) in [7, 11) is -3.50. The van der Waals surface area contributed by atoms with Crippen molar-refractivity contribution >= 4 is 15.7 Å². The van der Waals surface area contributed by atoms with Gasteiger partial charge in [-0.3, -0.25) is 0 Å². The Morgan fingerprint density at radius 2 is 1.97 bits per heavy atom. The molecule has 0 spiro atoms. The molecule has 3 aromatic rings. The number of aromatic nitrogens is 5. The first-order chi connectivity index (χ1) is 13.6. The van der Waals surface area contributed by atoms with Gasteiger partial charge in [0.25, 0.3) is 0 Å². The smallest absolute Gasteiger partial charge is 0.206 e. The van der Waals surface area contributed by atoms with Gasteiger partial charge in [-0.1, -0.05) is 12.1 Å². The third-order valence-corrected chi connectivity index (χ3v) is 6.40. The van der Waals surface area contributed by atoms with Crippen LogP contribution in [-0.4, -0.2) is 64.1 Å². The Labute approximate surface area is 168 Å². The minimum absolute atomic E-state index is 0.135. The standard InChI is InChI=1S/C19H22N6O3S/c1-19(2,26)13-10-25(11-13)16-8-7-12(9-20-16)14-5-4-6-15(29(3,27)28)17(14)18-21-23-24-22-18/h4-9,13,26H,10-11H2,1-3H3,(H,21,22,23,24). The van der Waals surface area contributed by atoms with Crippen molar-refractivity contribution in [2.45, 2.75) is 24.3 Å². The molecule has 0 radical (unpaired) electrons. The Balaban J connectivity index is 1.69. The highest BCUT2D eigenvalue weighted by molar-refractivity contribution is 7.90. The van der Waals surface area contributed by atoms with Gasteiger partial charge >= 0.3 is 0 Å². The number of rotatable bonds is 5. The van der Waals surface area contributed by atoms with E-state index in [1.165, 1.54) is 6.07 Å². The molecule has 1 saturated heterocycles. The average Bonchev–Trinajstić information content (AvgIpc) is 3.13. The van der Waals surface area contributed by atoms with Crippen LogP contribution in [0, 0.1) is 5.92 Å². The molecule has 0 bridgehead atoms. The topological polar surface area (TPSA) is 125 Å². The molecule has 2 N–H and O–H groups in total. The summed E-state index contributed by atoms with van der Waals surface area (Å²) in [6, 6.07) is 8.81. The molecule has 1 fully saturated rings. The number of benzene rings is 1. The van der Waals surface area contributed by atoms with Gasteiger partial charge in [0, 0.05) is 42.6 Å². The number of sulfone groups is 1. The second-order valence-electron chi connectivity index (χ2n) is 7.85. The van der Waals surface area contributed by atoms with Gasteiger partial charge in [-0.05, 0) is 42.8 Å². The Morgan fingerprint density at radius 3 is 2.52 bits per heavy atom. The highest BCUT2D eigenvalue weighted by atomic mass is 32.2. The first-order valence-corrected chi connectivity index (χ1v) is 11.0. The molecule has 0 atom stereocenters. The van der Waals surface area contributed by atoms with Crippen molar-refractivity contribution in [3.8, 4) is 22.5 Å². The van der Waals surface area contributed by atoms with Crippen LogP contribution in [0.1, 0.15) is 13.8 Å². The van der Waals surface area contributed by atoms with Crippen molar-refractivity contribution in [2.75, 3.05) is 24.2 Å². The summed E-state index contributed by atoms with van der Waals surface area (Å²) >= 11 is 0. The summed E-state index contributed by atoms with van der Waals surface area (Å²) in [5.74, 6) is 1.23. The molecule has 0 amide bonds. The molecular formula is C19H22N6O3S. The van der Waals surface area contributed by atoms with Crippen molar-refractivity contribution < 1.29 is 13.5 Å². The predicted molar refractivity (Wildman–Crippen MR) is 108 cm³/mol. The van der Waals surface area contributed by atoms with Gasteiger partial charge in [0.1, 0.15) is 5.82 Å². The maximum absolute atomic E-state index is 12.3. The molecule has 1 aliphatic rings. The normalized spacial score (nSPS) is 15.4. The number of tetrazole rings is 1.